The first-order valence-electron chi connectivity index (χ1n) is 4.03. The standard InChI is InChI=1S/C10H7BrClNO/c1-13-8-3-2-6(11)4-7(8)10(12)9(13)5-14/h2-5H,1H3. The van der Waals surface area contributed by atoms with E-state index in [0.717, 1.165) is 21.7 Å². The van der Waals surface area contributed by atoms with Gasteiger partial charge in [0.1, 0.15) is 5.69 Å². The lowest BCUT2D eigenvalue weighted by atomic mass is 10.2. The van der Waals surface area contributed by atoms with Gasteiger partial charge in [0.05, 0.1) is 5.02 Å². The fraction of sp³-hybridized carbons (Fsp3) is 0.100. The first kappa shape index (κ1) is 9.74. The Kier molecular flexibility index (Phi) is 2.37. The maximum atomic E-state index is 10.8. The lowest BCUT2D eigenvalue weighted by molar-refractivity contribution is 0.111. The molecule has 4 heteroatoms. The van der Waals surface area contributed by atoms with Crippen molar-refractivity contribution in [3.8, 4) is 0 Å². The molecule has 1 heterocycles. The van der Waals surface area contributed by atoms with Gasteiger partial charge in [0, 0.05) is 22.4 Å². The van der Waals surface area contributed by atoms with Gasteiger partial charge in [-0.2, -0.15) is 0 Å². The minimum atomic E-state index is 0.513. The highest BCUT2D eigenvalue weighted by molar-refractivity contribution is 9.10. The average Bonchev–Trinajstić information content (AvgIpc) is 2.39. The normalized spacial score (nSPS) is 10.8. The first-order valence-corrected chi connectivity index (χ1v) is 5.21. The molecule has 1 aromatic carbocycles. The summed E-state index contributed by atoms with van der Waals surface area (Å²) in [6, 6.07) is 5.76. The Labute approximate surface area is 94.6 Å². The minimum absolute atomic E-state index is 0.513. The van der Waals surface area contributed by atoms with Crippen LogP contribution in [-0.4, -0.2) is 10.9 Å². The number of rotatable bonds is 1. The molecule has 0 aliphatic heterocycles. The number of aldehydes is 1. The average molecular weight is 273 g/mol. The third-order valence-electron chi connectivity index (χ3n) is 2.25. The van der Waals surface area contributed by atoms with E-state index in [4.69, 9.17) is 11.6 Å². The number of hydrogen-bond donors (Lipinski definition) is 0. The second-order valence-electron chi connectivity index (χ2n) is 3.04. The van der Waals surface area contributed by atoms with Crippen LogP contribution in [0.4, 0.5) is 0 Å². The van der Waals surface area contributed by atoms with Gasteiger partial charge in [-0.1, -0.05) is 27.5 Å². The molecule has 0 amide bonds. The van der Waals surface area contributed by atoms with Crippen LogP contribution in [0.2, 0.25) is 5.02 Å². The highest BCUT2D eigenvalue weighted by Gasteiger charge is 2.12. The summed E-state index contributed by atoms with van der Waals surface area (Å²) < 4.78 is 2.74. The molecule has 0 fully saturated rings. The summed E-state index contributed by atoms with van der Waals surface area (Å²) in [6.07, 6.45) is 0.774. The Morgan fingerprint density at radius 1 is 1.50 bits per heavy atom. The van der Waals surface area contributed by atoms with Crippen molar-refractivity contribution in [2.24, 2.45) is 7.05 Å². The van der Waals surface area contributed by atoms with Crippen LogP contribution in [-0.2, 0) is 7.05 Å². The van der Waals surface area contributed by atoms with Gasteiger partial charge in [-0.3, -0.25) is 4.79 Å². The molecule has 72 valence electrons. The Bertz CT molecular complexity index is 518. The van der Waals surface area contributed by atoms with Crippen molar-refractivity contribution in [1.29, 1.82) is 0 Å². The summed E-state index contributed by atoms with van der Waals surface area (Å²) >= 11 is 9.43. The van der Waals surface area contributed by atoms with E-state index in [2.05, 4.69) is 15.9 Å². The quantitative estimate of drug-likeness (QED) is 0.729. The Hall–Kier alpha value is -0.800. The number of carbonyl (C=O) groups is 1. The molecular weight excluding hydrogens is 265 g/mol. The zero-order valence-electron chi connectivity index (χ0n) is 7.42. The van der Waals surface area contributed by atoms with E-state index in [-0.39, 0.29) is 0 Å². The number of aryl methyl sites for hydroxylation is 1. The van der Waals surface area contributed by atoms with Crippen LogP contribution in [0.5, 0.6) is 0 Å². The summed E-state index contributed by atoms with van der Waals surface area (Å²) in [5, 5.41) is 1.41. The molecule has 0 radical (unpaired) electrons. The van der Waals surface area contributed by atoms with Gasteiger partial charge in [0.25, 0.3) is 0 Å². The largest absolute Gasteiger partial charge is 0.340 e. The van der Waals surface area contributed by atoms with Gasteiger partial charge in [-0.15, -0.1) is 0 Å². The number of halogens is 2. The molecule has 0 saturated heterocycles. The Morgan fingerprint density at radius 3 is 2.86 bits per heavy atom. The van der Waals surface area contributed by atoms with Crippen LogP contribution < -0.4 is 0 Å². The molecule has 0 atom stereocenters. The smallest absolute Gasteiger partial charge is 0.168 e. The highest BCUT2D eigenvalue weighted by Crippen LogP contribution is 2.30. The van der Waals surface area contributed by atoms with Crippen LogP contribution in [0.25, 0.3) is 10.9 Å². The number of benzene rings is 1. The number of hydrogen-bond acceptors (Lipinski definition) is 1. The Morgan fingerprint density at radius 2 is 2.21 bits per heavy atom. The fourth-order valence-corrected chi connectivity index (χ4v) is 2.21. The molecule has 0 aliphatic rings. The first-order chi connectivity index (χ1) is 6.65. The molecule has 1 aromatic heterocycles. The predicted octanol–water partition coefficient (Wildman–Crippen LogP) is 3.41. The van der Waals surface area contributed by atoms with Gasteiger partial charge in [-0.25, -0.2) is 0 Å². The summed E-state index contributed by atoms with van der Waals surface area (Å²) in [7, 11) is 1.83. The highest BCUT2D eigenvalue weighted by atomic mass is 79.9. The summed E-state index contributed by atoms with van der Waals surface area (Å²) in [5.74, 6) is 0. The SMILES string of the molecule is Cn1c(C=O)c(Cl)c2cc(Br)ccc21. The molecule has 2 nitrogen and oxygen atoms in total. The van der Waals surface area contributed by atoms with Gasteiger partial charge in [0.15, 0.2) is 6.29 Å². The summed E-state index contributed by atoms with van der Waals surface area (Å²) in [5.41, 5.74) is 1.47. The molecule has 0 bridgehead atoms. The molecule has 2 aromatic rings. The monoisotopic (exact) mass is 271 g/mol. The predicted molar refractivity (Wildman–Crippen MR) is 61.0 cm³/mol. The van der Waals surface area contributed by atoms with Gasteiger partial charge in [0.2, 0.25) is 0 Å². The maximum absolute atomic E-state index is 10.8. The zero-order chi connectivity index (χ0) is 10.3. The van der Waals surface area contributed by atoms with E-state index in [1.165, 1.54) is 0 Å². The van der Waals surface area contributed by atoms with Crippen LogP contribution >= 0.6 is 27.5 Å². The molecular formula is C10H7BrClNO. The van der Waals surface area contributed by atoms with E-state index in [0.29, 0.717) is 10.7 Å². The van der Waals surface area contributed by atoms with E-state index in [9.17, 15) is 4.79 Å². The lowest BCUT2D eigenvalue weighted by Gasteiger charge is -1.96. The third-order valence-corrected chi connectivity index (χ3v) is 3.14. The van der Waals surface area contributed by atoms with Crippen LogP contribution in [0.15, 0.2) is 22.7 Å². The van der Waals surface area contributed by atoms with Gasteiger partial charge < -0.3 is 4.57 Å². The molecule has 14 heavy (non-hydrogen) atoms. The molecule has 0 saturated carbocycles. The molecule has 0 aliphatic carbocycles. The maximum Gasteiger partial charge on any atom is 0.168 e. The van der Waals surface area contributed by atoms with E-state index < -0.39 is 0 Å². The molecule has 0 spiro atoms. The topological polar surface area (TPSA) is 22.0 Å². The van der Waals surface area contributed by atoms with Gasteiger partial charge in [-0.05, 0) is 18.2 Å². The molecule has 0 unspecified atom stereocenters. The molecule has 2 rings (SSSR count). The van der Waals surface area contributed by atoms with Crippen molar-refractivity contribution in [2.45, 2.75) is 0 Å². The fourth-order valence-electron chi connectivity index (χ4n) is 1.52. The van der Waals surface area contributed by atoms with E-state index in [1.807, 2.05) is 25.2 Å². The zero-order valence-corrected chi connectivity index (χ0v) is 9.76. The number of nitrogens with zero attached hydrogens (tertiary/aromatic N) is 1. The number of carbonyl (C=O) groups excluding carboxylic acids is 1. The van der Waals surface area contributed by atoms with E-state index >= 15 is 0 Å². The Balaban J connectivity index is 2.94. The van der Waals surface area contributed by atoms with E-state index in [1.54, 1.807) is 4.57 Å². The summed E-state index contributed by atoms with van der Waals surface area (Å²) in [4.78, 5) is 10.8. The van der Waals surface area contributed by atoms with Crippen LogP contribution in [0, 0.1) is 0 Å². The second kappa shape index (κ2) is 3.41. The minimum Gasteiger partial charge on any atom is -0.340 e. The van der Waals surface area contributed by atoms with Crippen molar-refractivity contribution in [1.82, 2.24) is 4.57 Å². The van der Waals surface area contributed by atoms with Crippen molar-refractivity contribution >= 4 is 44.7 Å². The summed E-state index contributed by atoms with van der Waals surface area (Å²) in [6.45, 7) is 0. The number of fused-ring (bicyclic) bond motifs is 1. The molecule has 0 N–H and O–H groups in total. The third kappa shape index (κ3) is 1.28. The lowest BCUT2D eigenvalue weighted by Crippen LogP contribution is -1.93. The van der Waals surface area contributed by atoms with Crippen molar-refractivity contribution in [3.63, 3.8) is 0 Å². The number of aromatic nitrogens is 1. The van der Waals surface area contributed by atoms with Crippen molar-refractivity contribution < 1.29 is 4.79 Å². The van der Waals surface area contributed by atoms with Crippen molar-refractivity contribution in [3.05, 3.63) is 33.4 Å². The van der Waals surface area contributed by atoms with Crippen LogP contribution in [0.3, 0.4) is 0 Å². The van der Waals surface area contributed by atoms with Gasteiger partial charge >= 0.3 is 0 Å². The second-order valence-corrected chi connectivity index (χ2v) is 4.33. The van der Waals surface area contributed by atoms with Crippen molar-refractivity contribution in [2.75, 3.05) is 0 Å². The van der Waals surface area contributed by atoms with Crippen LogP contribution in [0.1, 0.15) is 10.5 Å².